The Hall–Kier alpha value is -1.60. The van der Waals surface area contributed by atoms with Gasteiger partial charge in [-0.1, -0.05) is 0 Å². The lowest BCUT2D eigenvalue weighted by Crippen LogP contribution is -2.47. The van der Waals surface area contributed by atoms with Gasteiger partial charge >= 0.3 is 0 Å². The van der Waals surface area contributed by atoms with Crippen LogP contribution in [-0.4, -0.2) is 40.3 Å². The van der Waals surface area contributed by atoms with Crippen LogP contribution in [0.2, 0.25) is 0 Å². The van der Waals surface area contributed by atoms with Gasteiger partial charge in [-0.15, -0.1) is 5.10 Å². The van der Waals surface area contributed by atoms with Crippen molar-refractivity contribution in [3.05, 3.63) is 12.4 Å². The van der Waals surface area contributed by atoms with Crippen LogP contribution >= 0.6 is 0 Å². The predicted molar refractivity (Wildman–Crippen MR) is 55.4 cm³/mol. The Labute approximate surface area is 92.4 Å². The molecular formula is C9H13N5O2. The van der Waals surface area contributed by atoms with Gasteiger partial charge in [0.25, 0.3) is 0 Å². The molecule has 1 aromatic rings. The Morgan fingerprint density at radius 2 is 2.50 bits per heavy atom. The highest BCUT2D eigenvalue weighted by atomic mass is 16.5. The zero-order chi connectivity index (χ0) is 11.6. The molecule has 16 heavy (non-hydrogen) atoms. The molecule has 0 aromatic carbocycles. The maximum absolute atomic E-state index is 12.0. The van der Waals surface area contributed by atoms with Crippen LogP contribution in [0.5, 0.6) is 0 Å². The zero-order valence-electron chi connectivity index (χ0n) is 8.88. The van der Waals surface area contributed by atoms with Crippen LogP contribution < -0.4 is 11.1 Å². The van der Waals surface area contributed by atoms with Crippen molar-refractivity contribution >= 4 is 11.9 Å². The van der Waals surface area contributed by atoms with Crippen LogP contribution in [0.1, 0.15) is 6.92 Å². The van der Waals surface area contributed by atoms with Crippen molar-refractivity contribution in [2.75, 3.05) is 18.5 Å². The van der Waals surface area contributed by atoms with Crippen molar-refractivity contribution in [3.63, 3.8) is 0 Å². The number of rotatable bonds is 2. The largest absolute Gasteiger partial charge is 0.379 e. The molecule has 0 saturated carbocycles. The van der Waals surface area contributed by atoms with E-state index in [2.05, 4.69) is 20.5 Å². The smallest absolute Gasteiger partial charge is 0.249 e. The Morgan fingerprint density at radius 1 is 1.69 bits per heavy atom. The first kappa shape index (κ1) is 10.9. The summed E-state index contributed by atoms with van der Waals surface area (Å²) >= 11 is 0. The van der Waals surface area contributed by atoms with E-state index in [1.807, 2.05) is 0 Å². The maximum atomic E-state index is 12.0. The Kier molecular flexibility index (Phi) is 2.80. The molecule has 7 heteroatoms. The third-order valence-corrected chi connectivity index (χ3v) is 2.74. The highest BCUT2D eigenvalue weighted by Gasteiger charge is 2.44. The summed E-state index contributed by atoms with van der Waals surface area (Å²) < 4.78 is 5.19. The maximum Gasteiger partial charge on any atom is 0.249 e. The fraction of sp³-hybridized carbons (Fsp3) is 0.556. The van der Waals surface area contributed by atoms with E-state index in [-0.39, 0.29) is 17.9 Å². The summed E-state index contributed by atoms with van der Waals surface area (Å²) in [6.07, 6.45) is 2.89. The number of nitrogens with zero attached hydrogens (tertiary/aromatic N) is 3. The lowest BCUT2D eigenvalue weighted by Gasteiger charge is -2.24. The number of anilines is 1. The Balaban J connectivity index is 2.09. The van der Waals surface area contributed by atoms with Gasteiger partial charge in [0, 0.05) is 6.04 Å². The number of amides is 1. The summed E-state index contributed by atoms with van der Waals surface area (Å²) in [6.45, 7) is 2.45. The molecule has 1 aliphatic heterocycles. The quantitative estimate of drug-likeness (QED) is 0.678. The van der Waals surface area contributed by atoms with Crippen LogP contribution in [0.25, 0.3) is 0 Å². The Morgan fingerprint density at radius 3 is 3.06 bits per heavy atom. The SMILES string of the molecule is CC1(C(=O)Nc2nccnn2)COCC1N. The van der Waals surface area contributed by atoms with Crippen LogP contribution in [0.15, 0.2) is 12.4 Å². The van der Waals surface area contributed by atoms with E-state index in [4.69, 9.17) is 10.5 Å². The number of aromatic nitrogens is 3. The molecule has 86 valence electrons. The van der Waals surface area contributed by atoms with Gasteiger partial charge in [-0.3, -0.25) is 10.1 Å². The molecule has 7 nitrogen and oxygen atoms in total. The van der Waals surface area contributed by atoms with Crippen molar-refractivity contribution in [1.82, 2.24) is 15.2 Å². The molecule has 0 radical (unpaired) electrons. The van der Waals surface area contributed by atoms with E-state index in [1.165, 1.54) is 12.4 Å². The van der Waals surface area contributed by atoms with Crippen molar-refractivity contribution in [2.24, 2.45) is 11.1 Å². The zero-order valence-corrected chi connectivity index (χ0v) is 8.88. The van der Waals surface area contributed by atoms with Crippen molar-refractivity contribution in [3.8, 4) is 0 Å². The number of nitrogens with one attached hydrogen (secondary N) is 1. The second-order valence-corrected chi connectivity index (χ2v) is 3.96. The topological polar surface area (TPSA) is 103 Å². The molecule has 0 bridgehead atoms. The number of hydrogen-bond donors (Lipinski definition) is 2. The third kappa shape index (κ3) is 1.86. The predicted octanol–water partition coefficient (Wildman–Crippen LogP) is -0.826. The molecule has 2 atom stereocenters. The van der Waals surface area contributed by atoms with Crippen molar-refractivity contribution < 1.29 is 9.53 Å². The van der Waals surface area contributed by atoms with Gasteiger partial charge in [-0.05, 0) is 6.92 Å². The van der Waals surface area contributed by atoms with Gasteiger partial charge in [0.15, 0.2) is 0 Å². The molecule has 2 heterocycles. The van der Waals surface area contributed by atoms with Gasteiger partial charge in [0.2, 0.25) is 11.9 Å². The minimum atomic E-state index is -0.737. The summed E-state index contributed by atoms with van der Waals surface area (Å²) in [5.41, 5.74) is 5.09. The van der Waals surface area contributed by atoms with Gasteiger partial charge in [0.05, 0.1) is 31.0 Å². The summed E-state index contributed by atoms with van der Waals surface area (Å²) in [6, 6.07) is -0.316. The second kappa shape index (κ2) is 4.11. The summed E-state index contributed by atoms with van der Waals surface area (Å²) in [7, 11) is 0. The van der Waals surface area contributed by atoms with Crippen LogP contribution in [0.4, 0.5) is 5.95 Å². The molecule has 1 aromatic heterocycles. The fourth-order valence-electron chi connectivity index (χ4n) is 1.47. The number of ether oxygens (including phenoxy) is 1. The highest BCUT2D eigenvalue weighted by molar-refractivity contribution is 5.94. The van der Waals surface area contributed by atoms with E-state index in [1.54, 1.807) is 6.92 Å². The second-order valence-electron chi connectivity index (χ2n) is 3.96. The van der Waals surface area contributed by atoms with Gasteiger partial charge in [0.1, 0.15) is 0 Å². The molecular weight excluding hydrogens is 210 g/mol. The Bertz CT molecular complexity index is 385. The monoisotopic (exact) mass is 223 g/mol. The lowest BCUT2D eigenvalue weighted by atomic mass is 9.85. The van der Waals surface area contributed by atoms with E-state index in [0.717, 1.165) is 0 Å². The lowest BCUT2D eigenvalue weighted by molar-refractivity contribution is -0.125. The molecule has 1 saturated heterocycles. The molecule has 1 fully saturated rings. The summed E-state index contributed by atoms with van der Waals surface area (Å²) in [5.74, 6) is -0.0710. The average molecular weight is 223 g/mol. The molecule has 1 aliphatic rings. The molecule has 0 spiro atoms. The van der Waals surface area contributed by atoms with Crippen molar-refractivity contribution in [1.29, 1.82) is 0 Å². The summed E-state index contributed by atoms with van der Waals surface area (Å²) in [4.78, 5) is 15.8. The first-order valence-electron chi connectivity index (χ1n) is 4.91. The van der Waals surface area contributed by atoms with Crippen LogP contribution in [-0.2, 0) is 9.53 Å². The normalized spacial score (nSPS) is 29.0. The first-order chi connectivity index (χ1) is 7.63. The molecule has 2 rings (SSSR count). The van der Waals surface area contributed by atoms with E-state index >= 15 is 0 Å². The number of carbonyl (C=O) groups excluding carboxylic acids is 1. The molecule has 1 amide bonds. The van der Waals surface area contributed by atoms with Crippen LogP contribution in [0.3, 0.4) is 0 Å². The standard InChI is InChI=1S/C9H13N5O2/c1-9(5-16-4-6(9)10)7(15)13-8-11-2-3-12-14-8/h2-3,6H,4-5,10H2,1H3,(H,11,13,14,15). The number of hydrogen-bond acceptors (Lipinski definition) is 6. The minimum absolute atomic E-state index is 0.174. The van der Waals surface area contributed by atoms with Crippen LogP contribution in [0, 0.1) is 5.41 Å². The summed E-state index contributed by atoms with van der Waals surface area (Å²) in [5, 5.41) is 9.86. The number of nitrogens with two attached hydrogens (primary N) is 1. The van der Waals surface area contributed by atoms with Gasteiger partial charge in [-0.2, -0.15) is 5.10 Å². The van der Waals surface area contributed by atoms with Crippen molar-refractivity contribution in [2.45, 2.75) is 13.0 Å². The van der Waals surface area contributed by atoms with E-state index in [0.29, 0.717) is 13.2 Å². The van der Waals surface area contributed by atoms with Gasteiger partial charge in [-0.25, -0.2) is 4.98 Å². The first-order valence-corrected chi connectivity index (χ1v) is 4.91. The van der Waals surface area contributed by atoms with E-state index in [9.17, 15) is 4.79 Å². The molecule has 0 aliphatic carbocycles. The fourth-order valence-corrected chi connectivity index (χ4v) is 1.47. The highest BCUT2D eigenvalue weighted by Crippen LogP contribution is 2.27. The molecule has 2 unspecified atom stereocenters. The van der Waals surface area contributed by atoms with E-state index < -0.39 is 5.41 Å². The van der Waals surface area contributed by atoms with Gasteiger partial charge < -0.3 is 10.5 Å². The third-order valence-electron chi connectivity index (χ3n) is 2.74. The number of carbonyl (C=O) groups is 1. The minimum Gasteiger partial charge on any atom is -0.379 e. The average Bonchev–Trinajstić information content (AvgIpc) is 2.62. The molecule has 3 N–H and O–H groups in total.